The topological polar surface area (TPSA) is 114 Å². The lowest BCUT2D eigenvalue weighted by molar-refractivity contribution is -0.148. The minimum atomic E-state index is -0.750. The van der Waals surface area contributed by atoms with Gasteiger partial charge in [-0.3, -0.25) is 19.2 Å². The van der Waals surface area contributed by atoms with E-state index in [2.05, 4.69) is 16.0 Å². The monoisotopic (exact) mass is 403 g/mol. The molecule has 1 aromatic carbocycles. The summed E-state index contributed by atoms with van der Waals surface area (Å²) in [6.07, 6.45) is 0. The zero-order valence-electron chi connectivity index (χ0n) is 15.3. The van der Waals surface area contributed by atoms with Crippen molar-refractivity contribution in [1.29, 1.82) is 0 Å². The largest absolute Gasteiger partial charge is 0.454 e. The van der Waals surface area contributed by atoms with Crippen LogP contribution in [0.1, 0.15) is 28.2 Å². The Balaban J connectivity index is 1.60. The molecule has 1 aromatic heterocycles. The Morgan fingerprint density at radius 1 is 0.964 bits per heavy atom. The van der Waals surface area contributed by atoms with Gasteiger partial charge in [-0.25, -0.2) is 0 Å². The third-order valence-corrected chi connectivity index (χ3v) is 4.49. The van der Waals surface area contributed by atoms with Crippen LogP contribution in [-0.4, -0.2) is 43.4 Å². The molecule has 8 nitrogen and oxygen atoms in total. The molecule has 0 saturated carbocycles. The smallest absolute Gasteiger partial charge is 0.325 e. The summed E-state index contributed by atoms with van der Waals surface area (Å²) in [5.74, 6) is -2.10. The van der Waals surface area contributed by atoms with Crippen LogP contribution in [0.2, 0.25) is 0 Å². The highest BCUT2D eigenvalue weighted by molar-refractivity contribution is 7.12. The van der Waals surface area contributed by atoms with Crippen LogP contribution in [0, 0.1) is 0 Å². The number of carbonyl (C=O) groups excluding carboxylic acids is 4. The maximum absolute atomic E-state index is 11.8. The molecule has 1 atom stereocenters. The first-order valence-electron chi connectivity index (χ1n) is 8.54. The van der Waals surface area contributed by atoms with Gasteiger partial charge in [0, 0.05) is 0 Å². The van der Waals surface area contributed by atoms with Crippen molar-refractivity contribution < 1.29 is 23.9 Å². The molecule has 0 fully saturated rings. The van der Waals surface area contributed by atoms with Crippen LogP contribution in [0.3, 0.4) is 0 Å². The maximum atomic E-state index is 11.8. The lowest BCUT2D eigenvalue weighted by atomic mass is 10.1. The zero-order valence-corrected chi connectivity index (χ0v) is 16.1. The molecule has 0 saturated heterocycles. The van der Waals surface area contributed by atoms with Crippen LogP contribution in [0.25, 0.3) is 0 Å². The standard InChI is InChI=1S/C19H21N3O5S/c1-13(14-6-3-2-4-7-14)22-17(24)12-27-18(25)11-20-16(23)10-21-19(26)15-8-5-9-28-15/h2-9,13H,10-12H2,1H3,(H,20,23)(H,21,26)(H,22,24)/t13-/m1/s1. The fourth-order valence-electron chi connectivity index (χ4n) is 2.19. The number of benzene rings is 1. The van der Waals surface area contributed by atoms with E-state index < -0.39 is 30.9 Å². The van der Waals surface area contributed by atoms with Gasteiger partial charge in [-0.05, 0) is 23.9 Å². The van der Waals surface area contributed by atoms with Crippen LogP contribution >= 0.6 is 11.3 Å². The predicted octanol–water partition coefficient (Wildman–Crippen LogP) is 1.01. The molecule has 3 amide bonds. The fourth-order valence-corrected chi connectivity index (χ4v) is 2.83. The summed E-state index contributed by atoms with van der Waals surface area (Å²) in [4.78, 5) is 47.3. The summed E-state index contributed by atoms with van der Waals surface area (Å²) in [6, 6.07) is 12.5. The second kappa shape index (κ2) is 10.8. The van der Waals surface area contributed by atoms with Crippen molar-refractivity contribution in [3.8, 4) is 0 Å². The quantitative estimate of drug-likeness (QED) is 0.541. The second-order valence-electron chi connectivity index (χ2n) is 5.80. The summed E-state index contributed by atoms with van der Waals surface area (Å²) in [5, 5.41) is 9.22. The van der Waals surface area contributed by atoms with Crippen LogP contribution in [0.15, 0.2) is 47.8 Å². The van der Waals surface area contributed by atoms with Crippen molar-refractivity contribution in [2.24, 2.45) is 0 Å². The highest BCUT2D eigenvalue weighted by atomic mass is 32.1. The Labute approximate surface area is 166 Å². The van der Waals surface area contributed by atoms with Gasteiger partial charge in [0.15, 0.2) is 6.61 Å². The summed E-state index contributed by atoms with van der Waals surface area (Å²) in [5.41, 5.74) is 0.930. The molecule has 3 N–H and O–H groups in total. The van der Waals surface area contributed by atoms with Crippen molar-refractivity contribution in [3.05, 3.63) is 58.3 Å². The Morgan fingerprint density at radius 2 is 1.71 bits per heavy atom. The lowest BCUT2D eigenvalue weighted by Gasteiger charge is -2.14. The summed E-state index contributed by atoms with van der Waals surface area (Å²) >= 11 is 1.26. The number of thiophene rings is 1. The van der Waals surface area contributed by atoms with Crippen molar-refractivity contribution in [3.63, 3.8) is 0 Å². The van der Waals surface area contributed by atoms with Gasteiger partial charge in [0.05, 0.1) is 17.5 Å². The molecular weight excluding hydrogens is 382 g/mol. The molecule has 0 aliphatic carbocycles. The zero-order chi connectivity index (χ0) is 20.4. The Morgan fingerprint density at radius 3 is 2.39 bits per heavy atom. The van der Waals surface area contributed by atoms with Crippen LogP contribution in [0.5, 0.6) is 0 Å². The molecule has 1 heterocycles. The van der Waals surface area contributed by atoms with Gasteiger partial charge in [0.2, 0.25) is 5.91 Å². The molecule has 0 aliphatic heterocycles. The van der Waals surface area contributed by atoms with E-state index in [1.165, 1.54) is 11.3 Å². The highest BCUT2D eigenvalue weighted by Gasteiger charge is 2.13. The van der Waals surface area contributed by atoms with E-state index in [9.17, 15) is 19.2 Å². The van der Waals surface area contributed by atoms with Crippen molar-refractivity contribution in [2.75, 3.05) is 19.7 Å². The first-order chi connectivity index (χ1) is 13.5. The van der Waals surface area contributed by atoms with E-state index in [0.29, 0.717) is 4.88 Å². The van der Waals surface area contributed by atoms with Crippen molar-refractivity contribution >= 4 is 35.0 Å². The highest BCUT2D eigenvalue weighted by Crippen LogP contribution is 2.10. The number of ether oxygens (including phenoxy) is 1. The molecular formula is C19H21N3O5S. The second-order valence-corrected chi connectivity index (χ2v) is 6.74. The minimum absolute atomic E-state index is 0.223. The number of esters is 1. The van der Waals surface area contributed by atoms with Crippen LogP contribution < -0.4 is 16.0 Å². The van der Waals surface area contributed by atoms with Gasteiger partial charge in [-0.15, -0.1) is 11.3 Å². The number of carbonyl (C=O) groups is 4. The normalized spacial score (nSPS) is 11.2. The molecule has 0 spiro atoms. The van der Waals surface area contributed by atoms with E-state index in [0.717, 1.165) is 5.56 Å². The molecule has 2 rings (SSSR count). The molecule has 28 heavy (non-hydrogen) atoms. The van der Waals surface area contributed by atoms with Gasteiger partial charge in [0.25, 0.3) is 11.8 Å². The minimum Gasteiger partial charge on any atom is -0.454 e. The summed E-state index contributed by atoms with van der Waals surface area (Å²) < 4.78 is 4.82. The average Bonchev–Trinajstić information content (AvgIpc) is 3.24. The number of rotatable bonds is 9. The summed E-state index contributed by atoms with van der Waals surface area (Å²) in [6.45, 7) is 0.717. The molecule has 0 aliphatic rings. The van der Waals surface area contributed by atoms with Crippen LogP contribution in [-0.2, 0) is 19.1 Å². The fraction of sp³-hybridized carbons (Fsp3) is 0.263. The molecule has 0 unspecified atom stereocenters. The van der Waals surface area contributed by atoms with E-state index in [-0.39, 0.29) is 18.5 Å². The predicted molar refractivity (Wildman–Crippen MR) is 104 cm³/mol. The van der Waals surface area contributed by atoms with Gasteiger partial charge in [-0.1, -0.05) is 36.4 Å². The number of nitrogens with one attached hydrogen (secondary N) is 3. The Kier molecular flexibility index (Phi) is 8.16. The van der Waals surface area contributed by atoms with E-state index in [4.69, 9.17) is 4.74 Å². The number of amides is 3. The van der Waals surface area contributed by atoms with Gasteiger partial charge in [0.1, 0.15) is 6.54 Å². The van der Waals surface area contributed by atoms with Gasteiger partial charge < -0.3 is 20.7 Å². The Bertz CT molecular complexity index is 808. The van der Waals surface area contributed by atoms with E-state index >= 15 is 0 Å². The first kappa shape index (κ1) is 21.1. The first-order valence-corrected chi connectivity index (χ1v) is 9.42. The maximum Gasteiger partial charge on any atom is 0.325 e. The van der Waals surface area contributed by atoms with E-state index in [1.807, 2.05) is 37.3 Å². The van der Waals surface area contributed by atoms with Crippen LogP contribution in [0.4, 0.5) is 0 Å². The number of hydrogen-bond donors (Lipinski definition) is 3. The molecule has 148 valence electrons. The Hall–Kier alpha value is -3.20. The van der Waals surface area contributed by atoms with Crippen molar-refractivity contribution in [2.45, 2.75) is 13.0 Å². The van der Waals surface area contributed by atoms with E-state index in [1.54, 1.807) is 17.5 Å². The third kappa shape index (κ3) is 7.20. The molecule has 2 aromatic rings. The third-order valence-electron chi connectivity index (χ3n) is 3.63. The SMILES string of the molecule is C[C@@H](NC(=O)COC(=O)CNC(=O)CNC(=O)c1cccs1)c1ccccc1. The molecule has 9 heteroatoms. The number of hydrogen-bond acceptors (Lipinski definition) is 6. The molecule has 0 bridgehead atoms. The van der Waals surface area contributed by atoms with Gasteiger partial charge in [-0.2, -0.15) is 0 Å². The molecule has 0 radical (unpaired) electrons. The van der Waals surface area contributed by atoms with Gasteiger partial charge >= 0.3 is 5.97 Å². The summed E-state index contributed by atoms with van der Waals surface area (Å²) in [7, 11) is 0. The lowest BCUT2D eigenvalue weighted by Crippen LogP contribution is -2.40. The average molecular weight is 403 g/mol. The van der Waals surface area contributed by atoms with Crippen molar-refractivity contribution in [1.82, 2.24) is 16.0 Å².